The maximum atomic E-state index is 13.5. The molecule has 1 heterocycles. The van der Waals surface area contributed by atoms with E-state index in [-0.39, 0.29) is 19.4 Å². The molecule has 0 radical (unpaired) electrons. The first-order valence-corrected chi connectivity index (χ1v) is 35.2. The van der Waals surface area contributed by atoms with Gasteiger partial charge in [0.1, 0.15) is 24.4 Å². The van der Waals surface area contributed by atoms with Crippen LogP contribution in [0.25, 0.3) is 0 Å². The van der Waals surface area contributed by atoms with E-state index in [1.807, 2.05) is 6.08 Å². The number of rotatable bonds is 59. The van der Waals surface area contributed by atoms with E-state index in [1.165, 1.54) is 109 Å². The Morgan fingerprint density at radius 3 is 1.28 bits per heavy atom. The average Bonchev–Trinajstić information content (AvgIpc) is 3.39. The molecule has 0 saturated carbocycles. The lowest BCUT2D eigenvalue weighted by Crippen LogP contribution is -2.61. The number of esters is 1. The van der Waals surface area contributed by atoms with Gasteiger partial charge in [-0.3, -0.25) is 9.59 Å². The van der Waals surface area contributed by atoms with E-state index in [0.717, 1.165) is 135 Å². The summed E-state index contributed by atoms with van der Waals surface area (Å²) in [7, 11) is 0. The van der Waals surface area contributed by atoms with Crippen LogP contribution < -0.4 is 5.32 Å². The lowest BCUT2D eigenvalue weighted by molar-refractivity contribution is -0.305. The number of unbranched alkanes of at least 4 members (excludes halogenated alkanes) is 29. The second-order valence-electron chi connectivity index (χ2n) is 23.9. The van der Waals surface area contributed by atoms with E-state index in [9.17, 15) is 35.1 Å². The topological polar surface area (TPSA) is 175 Å². The monoisotopic (exact) mass is 1200 g/mol. The molecule has 0 aromatic heterocycles. The maximum Gasteiger partial charge on any atom is 0.306 e. The van der Waals surface area contributed by atoms with Crippen LogP contribution in [0.2, 0.25) is 0 Å². The van der Waals surface area contributed by atoms with Crippen LogP contribution in [0, 0.1) is 0 Å². The highest BCUT2D eigenvalue weighted by molar-refractivity contribution is 5.80. The van der Waals surface area contributed by atoms with Crippen molar-refractivity contribution in [1.82, 2.24) is 5.32 Å². The van der Waals surface area contributed by atoms with E-state index in [0.29, 0.717) is 12.8 Å². The molecular weight excluding hydrogens is 1070 g/mol. The maximum absolute atomic E-state index is 13.5. The van der Waals surface area contributed by atoms with Crippen molar-refractivity contribution in [2.45, 2.75) is 339 Å². The van der Waals surface area contributed by atoms with Crippen molar-refractivity contribution in [3.05, 3.63) is 109 Å². The third kappa shape index (κ3) is 48.3. The van der Waals surface area contributed by atoms with Crippen LogP contribution in [0.4, 0.5) is 0 Å². The number of allylic oxidation sites excluding steroid dienone is 17. The first-order chi connectivity index (χ1) is 42.2. The minimum Gasteiger partial charge on any atom is -0.454 e. The molecule has 0 bridgehead atoms. The van der Waals surface area contributed by atoms with Gasteiger partial charge in [0.15, 0.2) is 12.4 Å². The second-order valence-corrected chi connectivity index (χ2v) is 23.9. The Morgan fingerprint density at radius 1 is 0.465 bits per heavy atom. The summed E-state index contributed by atoms with van der Waals surface area (Å²) in [5.74, 6) is -1.21. The van der Waals surface area contributed by atoms with Crippen LogP contribution >= 0.6 is 0 Å². The van der Waals surface area contributed by atoms with Gasteiger partial charge >= 0.3 is 5.97 Å². The summed E-state index contributed by atoms with van der Waals surface area (Å²) >= 11 is 0. The molecule has 1 saturated heterocycles. The molecule has 8 unspecified atom stereocenters. The van der Waals surface area contributed by atoms with E-state index >= 15 is 0 Å². The van der Waals surface area contributed by atoms with Crippen molar-refractivity contribution in [3.8, 4) is 0 Å². The molecule has 494 valence electrons. The SMILES string of the molecule is CC/C=C\C/C=C\C/C=C\C/C=C\C/C=C\CCCCCCCCCC(=O)OC1C(OCC(NC(=O)C(O)CCCCCCCCCCC/C=C\C/C=C\C/C=C\CCCCC)C(O)/C=C/CCCCCCCCCCCC)OC(CO)C(O)C1O. The van der Waals surface area contributed by atoms with Crippen molar-refractivity contribution < 1.29 is 49.3 Å². The summed E-state index contributed by atoms with van der Waals surface area (Å²) in [4.78, 5) is 26.7. The number of carbonyl (C=O) groups excluding carboxylic acids is 2. The Kier molecular flexibility index (Phi) is 57.5. The van der Waals surface area contributed by atoms with Gasteiger partial charge in [-0.2, -0.15) is 0 Å². The van der Waals surface area contributed by atoms with Gasteiger partial charge in [-0.05, 0) is 109 Å². The van der Waals surface area contributed by atoms with Crippen molar-refractivity contribution in [3.63, 3.8) is 0 Å². The van der Waals surface area contributed by atoms with Crippen molar-refractivity contribution in [2.24, 2.45) is 0 Å². The third-order valence-electron chi connectivity index (χ3n) is 15.9. The number of ether oxygens (including phenoxy) is 3. The van der Waals surface area contributed by atoms with Gasteiger partial charge in [0, 0.05) is 6.42 Å². The Labute approximate surface area is 526 Å². The van der Waals surface area contributed by atoms with Gasteiger partial charge in [0.2, 0.25) is 5.91 Å². The Hall–Kier alpha value is -3.68. The smallest absolute Gasteiger partial charge is 0.306 e. The van der Waals surface area contributed by atoms with E-state index in [4.69, 9.17) is 14.2 Å². The molecule has 11 heteroatoms. The van der Waals surface area contributed by atoms with E-state index in [1.54, 1.807) is 6.08 Å². The lowest BCUT2D eigenvalue weighted by Gasteiger charge is -2.41. The lowest BCUT2D eigenvalue weighted by atomic mass is 9.99. The first kappa shape index (κ1) is 80.3. The molecule has 11 nitrogen and oxygen atoms in total. The zero-order valence-electron chi connectivity index (χ0n) is 54.9. The highest BCUT2D eigenvalue weighted by Gasteiger charge is 2.47. The highest BCUT2D eigenvalue weighted by Crippen LogP contribution is 2.26. The fraction of sp³-hybridized carbons (Fsp3) is 0.733. The Morgan fingerprint density at radius 2 is 0.837 bits per heavy atom. The number of aliphatic hydroxyl groups excluding tert-OH is 5. The van der Waals surface area contributed by atoms with E-state index in [2.05, 4.69) is 123 Å². The minimum atomic E-state index is -1.63. The number of hydrogen-bond donors (Lipinski definition) is 6. The summed E-state index contributed by atoms with van der Waals surface area (Å²) in [5, 5.41) is 57.2. The number of hydrogen-bond acceptors (Lipinski definition) is 10. The molecule has 0 aromatic carbocycles. The van der Waals surface area contributed by atoms with E-state index < -0.39 is 67.4 Å². The minimum absolute atomic E-state index is 0.105. The molecule has 0 aromatic rings. The molecule has 8 atom stereocenters. The summed E-state index contributed by atoms with van der Waals surface area (Å²) in [6.45, 7) is 5.66. The molecule has 1 rings (SSSR count). The predicted octanol–water partition coefficient (Wildman–Crippen LogP) is 18.0. The van der Waals surface area contributed by atoms with Gasteiger partial charge < -0.3 is 45.1 Å². The molecular formula is C75H129NO10. The molecule has 1 aliphatic rings. The zero-order valence-corrected chi connectivity index (χ0v) is 54.9. The van der Waals surface area contributed by atoms with Crippen LogP contribution in [-0.4, -0.2) is 99.6 Å². The summed E-state index contributed by atoms with van der Waals surface area (Å²) in [6, 6.07) is -1.04. The summed E-state index contributed by atoms with van der Waals surface area (Å²) in [5.41, 5.74) is 0. The normalized spacial score (nSPS) is 19.0. The number of aliphatic hydroxyl groups is 5. The quantitative estimate of drug-likeness (QED) is 0.0195. The average molecular weight is 1200 g/mol. The van der Waals surface area contributed by atoms with Gasteiger partial charge in [0.05, 0.1) is 25.4 Å². The van der Waals surface area contributed by atoms with Crippen LogP contribution in [-0.2, 0) is 23.8 Å². The summed E-state index contributed by atoms with van der Waals surface area (Å²) < 4.78 is 17.7. The fourth-order valence-corrected chi connectivity index (χ4v) is 10.4. The van der Waals surface area contributed by atoms with Crippen LogP contribution in [0.15, 0.2) is 109 Å². The molecule has 0 spiro atoms. The molecule has 1 fully saturated rings. The molecule has 1 aliphatic heterocycles. The van der Waals surface area contributed by atoms with Gasteiger partial charge in [-0.15, -0.1) is 0 Å². The second kappa shape index (κ2) is 61.6. The fourth-order valence-electron chi connectivity index (χ4n) is 10.4. The zero-order chi connectivity index (χ0) is 62.4. The predicted molar refractivity (Wildman–Crippen MR) is 361 cm³/mol. The molecule has 1 amide bonds. The largest absolute Gasteiger partial charge is 0.454 e. The van der Waals surface area contributed by atoms with Crippen LogP contribution in [0.5, 0.6) is 0 Å². The highest BCUT2D eigenvalue weighted by atomic mass is 16.7. The van der Waals surface area contributed by atoms with Crippen LogP contribution in [0.1, 0.15) is 290 Å². The van der Waals surface area contributed by atoms with Gasteiger partial charge in [-0.1, -0.05) is 284 Å². The van der Waals surface area contributed by atoms with Gasteiger partial charge in [-0.25, -0.2) is 0 Å². The third-order valence-corrected chi connectivity index (χ3v) is 15.9. The standard InChI is InChI=1S/C75H129NO10/c1-4-7-10-13-16-19-22-25-27-29-31-33-35-37-39-41-43-45-48-51-54-57-60-63-70(80)86-73-72(82)71(81)69(64-77)85-75(73)84-65-66(67(78)61-58-55-52-49-46-24-21-18-15-12-9-6-3)76-74(83)68(79)62-59-56-53-50-47-44-42-40-38-36-34-32-30-28-26-23-20-17-14-11-8-5-2/h7,10,16-17,19-20,25-28,31-34,37,39,58,61,66-69,71-73,75,77-79,81-82H,4-6,8-9,11-15,18,21-24,29-30,35-36,38,40-57,59-60,62-65H2,1-3H3,(H,76,83)/b10-7-,19-16-,20-17-,27-25-,28-26-,33-31-,34-32-,39-37-,61-58+. The number of carbonyl (C=O) groups is 2. The summed E-state index contributed by atoms with van der Waals surface area (Å²) in [6.07, 6.45) is 74.0. The molecule has 6 N–H and O–H groups in total. The van der Waals surface area contributed by atoms with Crippen molar-refractivity contribution in [2.75, 3.05) is 13.2 Å². The van der Waals surface area contributed by atoms with Crippen molar-refractivity contribution >= 4 is 11.9 Å². The number of nitrogens with one attached hydrogen (secondary N) is 1. The van der Waals surface area contributed by atoms with Crippen LogP contribution in [0.3, 0.4) is 0 Å². The molecule has 0 aliphatic carbocycles. The van der Waals surface area contributed by atoms with Gasteiger partial charge in [0.25, 0.3) is 0 Å². The Balaban J connectivity index is 2.61. The Bertz CT molecular complexity index is 1820. The number of amides is 1. The first-order valence-electron chi connectivity index (χ1n) is 35.2. The molecule has 86 heavy (non-hydrogen) atoms. The van der Waals surface area contributed by atoms with Crippen molar-refractivity contribution in [1.29, 1.82) is 0 Å².